The third kappa shape index (κ3) is 2.01. The van der Waals surface area contributed by atoms with Gasteiger partial charge in [0.1, 0.15) is 0 Å². The Bertz CT molecular complexity index is 517. The van der Waals surface area contributed by atoms with Gasteiger partial charge in [0.25, 0.3) is 11.8 Å². The summed E-state index contributed by atoms with van der Waals surface area (Å²) in [5, 5.41) is 11.3. The van der Waals surface area contributed by atoms with Gasteiger partial charge in [-0.2, -0.15) is 0 Å². The number of amides is 2. The van der Waals surface area contributed by atoms with Crippen molar-refractivity contribution in [1.29, 1.82) is 0 Å². The highest BCUT2D eigenvalue weighted by Gasteiger charge is 2.41. The van der Waals surface area contributed by atoms with E-state index >= 15 is 0 Å². The van der Waals surface area contributed by atoms with E-state index in [0.717, 1.165) is 4.90 Å². The second-order valence-corrected chi connectivity index (χ2v) is 4.68. The normalized spacial score (nSPS) is 17.3. The Morgan fingerprint density at radius 2 is 1.68 bits per heavy atom. The molecule has 2 unspecified atom stereocenters. The number of carbonyl (C=O) groups excluding carboxylic acids is 3. The molecule has 1 aromatic carbocycles. The summed E-state index contributed by atoms with van der Waals surface area (Å²) in [6, 6.07) is 5.12. The van der Waals surface area contributed by atoms with E-state index in [1.54, 1.807) is 26.0 Å². The molecule has 0 radical (unpaired) electrons. The predicted molar refractivity (Wildman–Crippen MR) is 65.2 cm³/mol. The minimum Gasteiger partial charge on any atom is -0.548 e. The van der Waals surface area contributed by atoms with E-state index in [1.165, 1.54) is 12.1 Å². The molecule has 0 fully saturated rings. The van der Waals surface area contributed by atoms with Crippen molar-refractivity contribution in [3.63, 3.8) is 0 Å². The fourth-order valence-corrected chi connectivity index (χ4v) is 2.28. The number of hydrogen-bond donors (Lipinski definition) is 0. The quantitative estimate of drug-likeness (QED) is 0.736. The molecule has 1 aliphatic rings. The number of nitrogens with zero attached hydrogens (tertiary/aromatic N) is 1. The summed E-state index contributed by atoms with van der Waals surface area (Å²) in [6.07, 6.45) is 0.534. The molecule has 0 spiro atoms. The summed E-state index contributed by atoms with van der Waals surface area (Å²) in [4.78, 5) is 36.5. The second kappa shape index (κ2) is 4.84. The van der Waals surface area contributed by atoms with Crippen LogP contribution in [0, 0.1) is 5.92 Å². The molecule has 0 N–H and O–H groups in total. The van der Waals surface area contributed by atoms with Gasteiger partial charge in [-0.1, -0.05) is 32.4 Å². The number of benzene rings is 1. The number of carboxylic acids is 1. The van der Waals surface area contributed by atoms with E-state index in [1.807, 2.05) is 0 Å². The van der Waals surface area contributed by atoms with Gasteiger partial charge in [-0.3, -0.25) is 14.5 Å². The smallest absolute Gasteiger partial charge is 0.262 e. The van der Waals surface area contributed by atoms with Crippen LogP contribution in [0.25, 0.3) is 0 Å². The van der Waals surface area contributed by atoms with Crippen molar-refractivity contribution in [2.45, 2.75) is 26.3 Å². The molecule has 0 saturated carbocycles. The van der Waals surface area contributed by atoms with Gasteiger partial charge >= 0.3 is 0 Å². The summed E-state index contributed by atoms with van der Waals surface area (Å²) in [5.74, 6) is -2.87. The first-order chi connectivity index (χ1) is 8.99. The number of rotatable bonds is 4. The van der Waals surface area contributed by atoms with E-state index in [0.29, 0.717) is 6.42 Å². The number of hydrogen-bond acceptors (Lipinski definition) is 4. The number of aliphatic carboxylic acids is 1. The Morgan fingerprint density at radius 3 is 2.05 bits per heavy atom. The lowest BCUT2D eigenvalue weighted by molar-refractivity contribution is -0.311. The van der Waals surface area contributed by atoms with E-state index in [4.69, 9.17) is 0 Å². The van der Waals surface area contributed by atoms with Crippen LogP contribution >= 0.6 is 0 Å². The van der Waals surface area contributed by atoms with Gasteiger partial charge in [-0.25, -0.2) is 0 Å². The zero-order valence-electron chi connectivity index (χ0n) is 10.8. The van der Waals surface area contributed by atoms with Crippen molar-refractivity contribution < 1.29 is 19.5 Å². The highest BCUT2D eigenvalue weighted by atomic mass is 16.4. The maximum Gasteiger partial charge on any atom is 0.262 e. The predicted octanol–water partition coefficient (Wildman–Crippen LogP) is 0.447. The summed E-state index contributed by atoms with van der Waals surface area (Å²) >= 11 is 0. The molecule has 2 amide bonds. The average molecular weight is 260 g/mol. The van der Waals surface area contributed by atoms with Crippen molar-refractivity contribution in [1.82, 2.24) is 4.90 Å². The van der Waals surface area contributed by atoms with Crippen LogP contribution in [0.15, 0.2) is 24.3 Å². The molecule has 5 nitrogen and oxygen atoms in total. The first-order valence-corrected chi connectivity index (χ1v) is 6.16. The lowest BCUT2D eigenvalue weighted by atomic mass is 9.98. The molecule has 100 valence electrons. The van der Waals surface area contributed by atoms with Crippen molar-refractivity contribution >= 4 is 17.8 Å². The molecule has 2 rings (SSSR count). The maximum atomic E-state index is 12.2. The van der Waals surface area contributed by atoms with Crippen LogP contribution in [0.1, 0.15) is 41.0 Å². The maximum absolute atomic E-state index is 12.2. The van der Waals surface area contributed by atoms with Crippen LogP contribution in [0.5, 0.6) is 0 Å². The zero-order valence-corrected chi connectivity index (χ0v) is 10.8. The fraction of sp³-hybridized carbons (Fsp3) is 0.357. The van der Waals surface area contributed by atoms with Gasteiger partial charge in [0.05, 0.1) is 23.1 Å². The third-order valence-corrected chi connectivity index (χ3v) is 3.53. The van der Waals surface area contributed by atoms with Crippen LogP contribution < -0.4 is 5.11 Å². The van der Waals surface area contributed by atoms with E-state index < -0.39 is 23.8 Å². The standard InChI is InChI=1S/C14H15NO4/c1-3-8(2)11(14(18)19)15-12(16)9-6-4-5-7-10(9)13(15)17/h4-8,11H,3H2,1-2H3,(H,18,19)/p-1. The van der Waals surface area contributed by atoms with E-state index in [2.05, 4.69) is 0 Å². The highest BCUT2D eigenvalue weighted by Crippen LogP contribution is 2.27. The van der Waals surface area contributed by atoms with Gasteiger partial charge in [-0.15, -0.1) is 0 Å². The Balaban J connectivity index is 2.45. The number of fused-ring (bicyclic) bond motifs is 1. The van der Waals surface area contributed by atoms with E-state index in [-0.39, 0.29) is 17.0 Å². The molecular formula is C14H14NO4-. The zero-order chi connectivity index (χ0) is 14.2. The molecule has 2 atom stereocenters. The van der Waals surface area contributed by atoms with Crippen LogP contribution in [-0.4, -0.2) is 28.7 Å². The molecule has 1 aromatic rings. The van der Waals surface area contributed by atoms with Gasteiger partial charge in [-0.05, 0) is 18.1 Å². The summed E-state index contributed by atoms with van der Waals surface area (Å²) in [7, 11) is 0. The monoisotopic (exact) mass is 260 g/mol. The van der Waals surface area contributed by atoms with E-state index in [9.17, 15) is 19.5 Å². The Morgan fingerprint density at radius 1 is 1.21 bits per heavy atom. The first-order valence-electron chi connectivity index (χ1n) is 6.16. The SMILES string of the molecule is CCC(C)C(C(=O)[O-])N1C(=O)c2ccccc2C1=O. The molecule has 0 aromatic heterocycles. The number of imide groups is 1. The molecule has 0 bridgehead atoms. The number of carbonyl (C=O) groups is 3. The van der Waals surface area contributed by atoms with Gasteiger partial charge in [0.2, 0.25) is 0 Å². The first kappa shape index (κ1) is 13.3. The van der Waals surface area contributed by atoms with Crippen LogP contribution in [0.4, 0.5) is 0 Å². The second-order valence-electron chi connectivity index (χ2n) is 4.68. The summed E-state index contributed by atoms with van der Waals surface area (Å²) in [5.41, 5.74) is 0.504. The Labute approximate surface area is 110 Å². The average Bonchev–Trinajstić information content (AvgIpc) is 2.64. The minimum atomic E-state index is -1.40. The van der Waals surface area contributed by atoms with Crippen molar-refractivity contribution in [2.75, 3.05) is 0 Å². The Hall–Kier alpha value is -2.17. The fourth-order valence-electron chi connectivity index (χ4n) is 2.28. The van der Waals surface area contributed by atoms with Gasteiger partial charge in [0, 0.05) is 0 Å². The summed E-state index contributed by atoms with van der Waals surface area (Å²) in [6.45, 7) is 3.49. The van der Waals surface area contributed by atoms with Crippen molar-refractivity contribution in [3.05, 3.63) is 35.4 Å². The Kier molecular flexibility index (Phi) is 3.38. The van der Waals surface area contributed by atoms with Crippen molar-refractivity contribution in [3.8, 4) is 0 Å². The topological polar surface area (TPSA) is 77.5 Å². The molecule has 0 aliphatic carbocycles. The highest BCUT2D eigenvalue weighted by molar-refractivity contribution is 6.22. The molecule has 1 aliphatic heterocycles. The van der Waals surface area contributed by atoms with Crippen molar-refractivity contribution in [2.24, 2.45) is 5.92 Å². The molecule has 0 saturated heterocycles. The van der Waals surface area contributed by atoms with Gasteiger partial charge in [0.15, 0.2) is 0 Å². The summed E-state index contributed by atoms with van der Waals surface area (Å²) < 4.78 is 0. The number of carboxylic acid groups (broad SMARTS) is 1. The molecule has 5 heteroatoms. The largest absolute Gasteiger partial charge is 0.548 e. The molecule has 1 heterocycles. The minimum absolute atomic E-state index is 0.252. The van der Waals surface area contributed by atoms with Crippen LogP contribution in [-0.2, 0) is 4.79 Å². The molecular weight excluding hydrogens is 246 g/mol. The van der Waals surface area contributed by atoms with Crippen LogP contribution in [0.3, 0.4) is 0 Å². The van der Waals surface area contributed by atoms with Gasteiger partial charge < -0.3 is 9.90 Å². The third-order valence-electron chi connectivity index (χ3n) is 3.53. The molecule has 19 heavy (non-hydrogen) atoms. The lowest BCUT2D eigenvalue weighted by Gasteiger charge is -2.31. The van der Waals surface area contributed by atoms with Crippen LogP contribution in [0.2, 0.25) is 0 Å². The lowest BCUT2D eigenvalue weighted by Crippen LogP contribution is -2.53.